The highest BCUT2D eigenvalue weighted by Crippen LogP contribution is 2.32. The average Bonchev–Trinajstić information content (AvgIpc) is 2.37. The van der Waals surface area contributed by atoms with Crippen LogP contribution in [0.5, 0.6) is 0 Å². The van der Waals surface area contributed by atoms with Crippen LogP contribution in [0.2, 0.25) is 5.02 Å². The molecule has 1 rings (SSSR count). The Balaban J connectivity index is 0.00000154. The van der Waals surface area contributed by atoms with Crippen molar-refractivity contribution in [3.8, 4) is 0 Å². The van der Waals surface area contributed by atoms with Crippen molar-refractivity contribution in [3.63, 3.8) is 0 Å². The van der Waals surface area contributed by atoms with Gasteiger partial charge in [0.1, 0.15) is 5.82 Å². The SMILES string of the molecule is CC.O=CNCCNc1ncc(C(F)(F)F)cc1Cl. The normalized spacial score (nSPS) is 10.2. The van der Waals surface area contributed by atoms with Gasteiger partial charge in [-0.05, 0) is 6.07 Å². The summed E-state index contributed by atoms with van der Waals surface area (Å²) < 4.78 is 36.9. The van der Waals surface area contributed by atoms with Crippen LogP contribution in [0.25, 0.3) is 0 Å². The Morgan fingerprint density at radius 1 is 1.37 bits per heavy atom. The van der Waals surface area contributed by atoms with Gasteiger partial charge in [-0.1, -0.05) is 25.4 Å². The number of carbonyl (C=O) groups is 1. The largest absolute Gasteiger partial charge is 0.417 e. The van der Waals surface area contributed by atoms with Crippen LogP contribution in [0, 0.1) is 0 Å². The highest BCUT2D eigenvalue weighted by Gasteiger charge is 2.31. The second-order valence-corrected chi connectivity index (χ2v) is 3.46. The maximum absolute atomic E-state index is 12.3. The molecule has 1 heterocycles. The molecule has 0 atom stereocenters. The van der Waals surface area contributed by atoms with Gasteiger partial charge in [-0.2, -0.15) is 13.2 Å². The molecule has 0 saturated heterocycles. The summed E-state index contributed by atoms with van der Waals surface area (Å²) in [5.41, 5.74) is -0.904. The molecule has 0 aliphatic heterocycles. The molecular weight excluding hydrogens is 283 g/mol. The van der Waals surface area contributed by atoms with E-state index in [-0.39, 0.29) is 10.8 Å². The van der Waals surface area contributed by atoms with Crippen molar-refractivity contribution in [1.29, 1.82) is 0 Å². The highest BCUT2D eigenvalue weighted by atomic mass is 35.5. The zero-order valence-corrected chi connectivity index (χ0v) is 11.3. The predicted molar refractivity (Wildman–Crippen MR) is 68.2 cm³/mol. The van der Waals surface area contributed by atoms with Crippen LogP contribution in [0.15, 0.2) is 12.3 Å². The molecule has 1 amide bonds. The van der Waals surface area contributed by atoms with Crippen molar-refractivity contribution in [2.24, 2.45) is 0 Å². The number of nitrogens with one attached hydrogen (secondary N) is 2. The Kier molecular flexibility index (Phi) is 7.90. The Morgan fingerprint density at radius 3 is 2.47 bits per heavy atom. The maximum atomic E-state index is 12.3. The molecule has 0 aromatic carbocycles. The minimum absolute atomic E-state index is 0.120. The van der Waals surface area contributed by atoms with Crippen LogP contribution in [-0.2, 0) is 11.0 Å². The van der Waals surface area contributed by atoms with E-state index < -0.39 is 11.7 Å². The van der Waals surface area contributed by atoms with Gasteiger partial charge < -0.3 is 10.6 Å². The van der Waals surface area contributed by atoms with Gasteiger partial charge in [0.05, 0.1) is 10.6 Å². The number of anilines is 1. The smallest absolute Gasteiger partial charge is 0.367 e. The van der Waals surface area contributed by atoms with E-state index in [2.05, 4.69) is 15.6 Å². The predicted octanol–water partition coefficient (Wildman–Crippen LogP) is 2.94. The Bertz CT molecular complexity index is 399. The standard InChI is InChI=1S/C9H9ClF3N3O.C2H6/c10-7-3-6(9(11,12)13)4-16-8(7)15-2-1-14-5-17;1-2/h3-5H,1-2H2,(H,14,17)(H,15,16);1-2H3. The van der Waals surface area contributed by atoms with Crippen LogP contribution in [-0.4, -0.2) is 24.5 Å². The Labute approximate surface area is 114 Å². The van der Waals surface area contributed by atoms with Gasteiger partial charge in [0.15, 0.2) is 0 Å². The summed E-state index contributed by atoms with van der Waals surface area (Å²) >= 11 is 5.63. The number of alkyl halides is 3. The lowest BCUT2D eigenvalue weighted by molar-refractivity contribution is -0.137. The molecule has 0 saturated carbocycles. The van der Waals surface area contributed by atoms with Crippen molar-refractivity contribution in [2.75, 3.05) is 18.4 Å². The summed E-state index contributed by atoms with van der Waals surface area (Å²) in [6.07, 6.45) is -3.25. The molecule has 0 bridgehead atoms. The molecule has 8 heteroatoms. The first-order chi connectivity index (χ1) is 8.95. The van der Waals surface area contributed by atoms with Crippen LogP contribution in [0.1, 0.15) is 19.4 Å². The van der Waals surface area contributed by atoms with E-state index in [4.69, 9.17) is 11.6 Å². The zero-order chi connectivity index (χ0) is 14.9. The van der Waals surface area contributed by atoms with Crippen LogP contribution in [0.3, 0.4) is 0 Å². The van der Waals surface area contributed by atoms with Gasteiger partial charge in [-0.3, -0.25) is 4.79 Å². The van der Waals surface area contributed by atoms with E-state index in [1.54, 1.807) is 0 Å². The molecule has 2 N–H and O–H groups in total. The number of hydrogen-bond acceptors (Lipinski definition) is 3. The third-order valence-electron chi connectivity index (χ3n) is 1.81. The fourth-order valence-electron chi connectivity index (χ4n) is 1.04. The third-order valence-corrected chi connectivity index (χ3v) is 2.10. The molecule has 0 unspecified atom stereocenters. The lowest BCUT2D eigenvalue weighted by atomic mass is 10.3. The number of carbonyl (C=O) groups excluding carboxylic acids is 1. The van der Waals surface area contributed by atoms with Crippen molar-refractivity contribution < 1.29 is 18.0 Å². The summed E-state index contributed by atoms with van der Waals surface area (Å²) in [7, 11) is 0. The summed E-state index contributed by atoms with van der Waals surface area (Å²) in [4.78, 5) is 13.5. The van der Waals surface area contributed by atoms with Crippen LogP contribution in [0.4, 0.5) is 19.0 Å². The molecule has 0 aliphatic carbocycles. The van der Waals surface area contributed by atoms with Gasteiger partial charge >= 0.3 is 6.18 Å². The second-order valence-electron chi connectivity index (χ2n) is 3.05. The first-order valence-electron chi connectivity index (χ1n) is 5.59. The summed E-state index contributed by atoms with van der Waals surface area (Å²) in [5.74, 6) is 0.146. The number of nitrogens with zero attached hydrogens (tertiary/aromatic N) is 1. The van der Waals surface area contributed by atoms with E-state index in [0.29, 0.717) is 25.7 Å². The number of amides is 1. The summed E-state index contributed by atoms with van der Waals surface area (Å²) in [6, 6.07) is 0.796. The average molecular weight is 298 g/mol. The first kappa shape index (κ1) is 17.5. The van der Waals surface area contributed by atoms with Crippen LogP contribution < -0.4 is 10.6 Å². The Morgan fingerprint density at radius 2 is 2.00 bits per heavy atom. The Hall–Kier alpha value is -1.50. The molecule has 108 valence electrons. The fourth-order valence-corrected chi connectivity index (χ4v) is 1.27. The molecule has 4 nitrogen and oxygen atoms in total. The molecule has 0 radical (unpaired) electrons. The highest BCUT2D eigenvalue weighted by molar-refractivity contribution is 6.32. The van der Waals surface area contributed by atoms with Crippen LogP contribution >= 0.6 is 11.6 Å². The van der Waals surface area contributed by atoms with Gasteiger partial charge in [0, 0.05) is 19.3 Å². The molecular formula is C11H15ClF3N3O. The third kappa shape index (κ3) is 6.28. The van der Waals surface area contributed by atoms with Crippen molar-refractivity contribution in [2.45, 2.75) is 20.0 Å². The fraction of sp³-hybridized carbons (Fsp3) is 0.455. The summed E-state index contributed by atoms with van der Waals surface area (Å²) in [6.45, 7) is 4.64. The lowest BCUT2D eigenvalue weighted by Crippen LogP contribution is -2.21. The summed E-state index contributed by atoms with van der Waals surface area (Å²) in [5, 5.41) is 4.95. The van der Waals surface area contributed by atoms with Crippen molar-refractivity contribution in [3.05, 3.63) is 22.8 Å². The van der Waals surface area contributed by atoms with E-state index in [1.807, 2.05) is 13.8 Å². The van der Waals surface area contributed by atoms with Gasteiger partial charge in [0.25, 0.3) is 0 Å². The number of rotatable bonds is 5. The second kappa shape index (κ2) is 8.58. The van der Waals surface area contributed by atoms with Gasteiger partial charge in [-0.15, -0.1) is 0 Å². The first-order valence-corrected chi connectivity index (χ1v) is 5.96. The van der Waals surface area contributed by atoms with Gasteiger partial charge in [0.2, 0.25) is 6.41 Å². The molecule has 1 aromatic heterocycles. The topological polar surface area (TPSA) is 54.0 Å². The molecule has 19 heavy (non-hydrogen) atoms. The van der Waals surface area contributed by atoms with E-state index in [0.717, 1.165) is 6.07 Å². The number of halogens is 4. The van der Waals surface area contributed by atoms with Crippen molar-refractivity contribution >= 4 is 23.8 Å². The van der Waals surface area contributed by atoms with Crippen molar-refractivity contribution in [1.82, 2.24) is 10.3 Å². The van der Waals surface area contributed by atoms with E-state index in [9.17, 15) is 18.0 Å². The zero-order valence-electron chi connectivity index (χ0n) is 10.5. The number of hydrogen-bond donors (Lipinski definition) is 2. The molecule has 1 aromatic rings. The van der Waals surface area contributed by atoms with E-state index in [1.165, 1.54) is 0 Å². The lowest BCUT2D eigenvalue weighted by Gasteiger charge is -2.10. The molecule has 0 aliphatic rings. The minimum atomic E-state index is -4.46. The molecule has 0 fully saturated rings. The minimum Gasteiger partial charge on any atom is -0.367 e. The molecule has 0 spiro atoms. The number of aromatic nitrogens is 1. The van der Waals surface area contributed by atoms with E-state index >= 15 is 0 Å². The maximum Gasteiger partial charge on any atom is 0.417 e. The monoisotopic (exact) mass is 297 g/mol. The quantitative estimate of drug-likeness (QED) is 0.649. The number of pyridine rings is 1. The van der Waals surface area contributed by atoms with Gasteiger partial charge in [-0.25, -0.2) is 4.98 Å².